The highest BCUT2D eigenvalue weighted by molar-refractivity contribution is 6.32. The summed E-state index contributed by atoms with van der Waals surface area (Å²) in [5.74, 6) is -1.42. The molecule has 0 unspecified atom stereocenters. The molecule has 0 fully saturated rings. The van der Waals surface area contributed by atoms with Crippen molar-refractivity contribution in [3.8, 4) is 5.75 Å². The number of nitrogens with two attached hydrogens (primary N) is 1. The molecule has 2 rings (SSSR count). The van der Waals surface area contributed by atoms with Gasteiger partial charge >= 0.3 is 0 Å². The minimum Gasteiger partial charge on any atom is -0.482 e. The smallest absolute Gasteiger partial charge is 0.262 e. The van der Waals surface area contributed by atoms with Crippen LogP contribution in [0.5, 0.6) is 5.75 Å². The lowest BCUT2D eigenvalue weighted by Gasteiger charge is -2.10. The minimum atomic E-state index is -0.548. The second kappa shape index (κ2) is 6.41. The van der Waals surface area contributed by atoms with E-state index in [0.29, 0.717) is 0 Å². The van der Waals surface area contributed by atoms with Crippen LogP contribution in [0.3, 0.4) is 0 Å². The van der Waals surface area contributed by atoms with Gasteiger partial charge in [-0.15, -0.1) is 0 Å². The van der Waals surface area contributed by atoms with Crippen molar-refractivity contribution in [3.63, 3.8) is 0 Å². The van der Waals surface area contributed by atoms with Crippen molar-refractivity contribution in [2.24, 2.45) is 0 Å². The van der Waals surface area contributed by atoms with Gasteiger partial charge in [-0.05, 0) is 36.4 Å². The van der Waals surface area contributed by atoms with E-state index in [1.165, 1.54) is 18.2 Å². The molecule has 110 valence electrons. The fourth-order valence-electron chi connectivity index (χ4n) is 1.56. The highest BCUT2D eigenvalue weighted by Crippen LogP contribution is 2.25. The van der Waals surface area contributed by atoms with Crippen LogP contribution in [-0.2, 0) is 4.79 Å². The zero-order valence-corrected chi connectivity index (χ0v) is 11.5. The average molecular weight is 313 g/mol. The summed E-state index contributed by atoms with van der Waals surface area (Å²) in [4.78, 5) is 11.7. The maximum atomic E-state index is 13.0. The molecule has 4 nitrogen and oxygen atoms in total. The van der Waals surface area contributed by atoms with Crippen LogP contribution in [0.1, 0.15) is 0 Å². The van der Waals surface area contributed by atoms with Gasteiger partial charge in [0.05, 0.1) is 16.4 Å². The molecule has 2 aromatic carbocycles. The molecule has 0 aliphatic carbocycles. The van der Waals surface area contributed by atoms with Crippen molar-refractivity contribution in [1.29, 1.82) is 0 Å². The van der Waals surface area contributed by atoms with Crippen molar-refractivity contribution in [3.05, 3.63) is 53.1 Å². The van der Waals surface area contributed by atoms with E-state index in [1.54, 1.807) is 0 Å². The third-order valence-electron chi connectivity index (χ3n) is 2.54. The molecule has 2 aromatic rings. The second-order valence-corrected chi connectivity index (χ2v) is 4.55. The van der Waals surface area contributed by atoms with Gasteiger partial charge in [0.1, 0.15) is 17.4 Å². The predicted octanol–water partition coefficient (Wildman–Crippen LogP) is 3.22. The Morgan fingerprint density at radius 1 is 1.19 bits per heavy atom. The maximum Gasteiger partial charge on any atom is 0.262 e. The molecule has 0 bridgehead atoms. The summed E-state index contributed by atoms with van der Waals surface area (Å²) >= 11 is 5.75. The lowest BCUT2D eigenvalue weighted by Crippen LogP contribution is -2.21. The Hall–Kier alpha value is -2.34. The SMILES string of the molecule is Nc1ccc(F)cc1NC(=O)COc1ccc(F)cc1Cl. The molecule has 0 heterocycles. The van der Waals surface area contributed by atoms with Crippen molar-refractivity contribution >= 4 is 28.9 Å². The van der Waals surface area contributed by atoms with E-state index >= 15 is 0 Å². The fourth-order valence-corrected chi connectivity index (χ4v) is 1.78. The summed E-state index contributed by atoms with van der Waals surface area (Å²) in [6, 6.07) is 7.14. The van der Waals surface area contributed by atoms with Gasteiger partial charge < -0.3 is 15.8 Å². The Kier molecular flexibility index (Phi) is 4.59. The van der Waals surface area contributed by atoms with E-state index in [9.17, 15) is 13.6 Å². The number of ether oxygens (including phenoxy) is 1. The van der Waals surface area contributed by atoms with E-state index in [4.69, 9.17) is 22.1 Å². The number of nitrogens with one attached hydrogen (secondary N) is 1. The second-order valence-electron chi connectivity index (χ2n) is 4.14. The number of amides is 1. The number of hydrogen-bond donors (Lipinski definition) is 2. The van der Waals surface area contributed by atoms with E-state index in [1.807, 2.05) is 0 Å². The molecule has 7 heteroatoms. The monoisotopic (exact) mass is 312 g/mol. The van der Waals surface area contributed by atoms with Gasteiger partial charge in [-0.3, -0.25) is 4.79 Å². The molecule has 0 aromatic heterocycles. The number of benzene rings is 2. The molecule has 1 amide bonds. The molecule has 0 spiro atoms. The fraction of sp³-hybridized carbons (Fsp3) is 0.0714. The van der Waals surface area contributed by atoms with Crippen LogP contribution in [0.2, 0.25) is 5.02 Å². The molecule has 0 aliphatic heterocycles. The van der Waals surface area contributed by atoms with Gasteiger partial charge in [0, 0.05) is 0 Å². The highest BCUT2D eigenvalue weighted by atomic mass is 35.5. The number of halogens is 3. The zero-order chi connectivity index (χ0) is 15.4. The van der Waals surface area contributed by atoms with E-state index in [-0.39, 0.29) is 28.8 Å². The van der Waals surface area contributed by atoms with Gasteiger partial charge in [-0.1, -0.05) is 11.6 Å². The summed E-state index contributed by atoms with van der Waals surface area (Å²) in [6.07, 6.45) is 0. The number of rotatable bonds is 4. The van der Waals surface area contributed by atoms with Crippen LogP contribution in [0.15, 0.2) is 36.4 Å². The molecular weight excluding hydrogens is 302 g/mol. The average Bonchev–Trinajstić information content (AvgIpc) is 2.42. The molecule has 0 saturated heterocycles. The van der Waals surface area contributed by atoms with Crippen LogP contribution in [0.25, 0.3) is 0 Å². The largest absolute Gasteiger partial charge is 0.482 e. The van der Waals surface area contributed by atoms with Crippen LogP contribution in [0, 0.1) is 11.6 Å². The molecule has 0 radical (unpaired) electrons. The standard InChI is InChI=1S/C14H11ClF2N2O2/c15-10-5-8(16)2-4-13(10)21-7-14(20)19-12-6-9(17)1-3-11(12)18/h1-6H,7,18H2,(H,19,20). The van der Waals surface area contributed by atoms with Gasteiger partial charge in [0.25, 0.3) is 5.91 Å². The molecular formula is C14H11ClF2N2O2. The van der Waals surface area contributed by atoms with Crippen LogP contribution in [-0.4, -0.2) is 12.5 Å². The van der Waals surface area contributed by atoms with Crippen molar-refractivity contribution in [2.75, 3.05) is 17.7 Å². The quantitative estimate of drug-likeness (QED) is 0.852. The van der Waals surface area contributed by atoms with E-state index < -0.39 is 17.5 Å². The molecule has 21 heavy (non-hydrogen) atoms. The Bertz CT molecular complexity index is 680. The number of carbonyl (C=O) groups excluding carboxylic acids is 1. The van der Waals surface area contributed by atoms with Crippen LogP contribution >= 0.6 is 11.6 Å². The maximum absolute atomic E-state index is 13.0. The Labute approximate surface area is 124 Å². The van der Waals surface area contributed by atoms with Crippen LogP contribution in [0.4, 0.5) is 20.2 Å². The van der Waals surface area contributed by atoms with E-state index in [0.717, 1.165) is 18.2 Å². The Morgan fingerprint density at radius 3 is 2.57 bits per heavy atom. The van der Waals surface area contributed by atoms with Gasteiger partial charge in [0.15, 0.2) is 6.61 Å². The summed E-state index contributed by atoms with van der Waals surface area (Å²) in [5, 5.41) is 2.46. The number of nitrogen functional groups attached to an aromatic ring is 1. The van der Waals surface area contributed by atoms with Gasteiger partial charge in [0.2, 0.25) is 0 Å². The number of anilines is 2. The predicted molar refractivity (Wildman–Crippen MR) is 76.3 cm³/mol. The lowest BCUT2D eigenvalue weighted by atomic mass is 10.2. The Balaban J connectivity index is 1.97. The molecule has 3 N–H and O–H groups in total. The summed E-state index contributed by atoms with van der Waals surface area (Å²) < 4.78 is 31.0. The number of carbonyl (C=O) groups is 1. The summed E-state index contributed by atoms with van der Waals surface area (Å²) in [7, 11) is 0. The van der Waals surface area contributed by atoms with Gasteiger partial charge in [-0.2, -0.15) is 0 Å². The first-order valence-electron chi connectivity index (χ1n) is 5.88. The number of hydrogen-bond acceptors (Lipinski definition) is 3. The minimum absolute atomic E-state index is 0.0491. The third-order valence-corrected chi connectivity index (χ3v) is 2.84. The first-order valence-corrected chi connectivity index (χ1v) is 6.26. The normalized spacial score (nSPS) is 10.2. The first-order chi connectivity index (χ1) is 9.95. The lowest BCUT2D eigenvalue weighted by molar-refractivity contribution is -0.118. The summed E-state index contributed by atoms with van der Waals surface area (Å²) in [6.45, 7) is -0.374. The first kappa shape index (κ1) is 15.1. The molecule has 0 atom stereocenters. The van der Waals surface area contributed by atoms with Crippen molar-refractivity contribution in [1.82, 2.24) is 0 Å². The van der Waals surface area contributed by atoms with Crippen LogP contribution < -0.4 is 15.8 Å². The van der Waals surface area contributed by atoms with Crippen molar-refractivity contribution < 1.29 is 18.3 Å². The van der Waals surface area contributed by atoms with E-state index in [2.05, 4.69) is 5.32 Å². The third kappa shape index (κ3) is 4.06. The van der Waals surface area contributed by atoms with Crippen molar-refractivity contribution in [2.45, 2.75) is 0 Å². The topological polar surface area (TPSA) is 64.3 Å². The van der Waals surface area contributed by atoms with Gasteiger partial charge in [-0.25, -0.2) is 8.78 Å². The molecule has 0 saturated carbocycles. The Morgan fingerprint density at radius 2 is 1.86 bits per heavy atom. The molecule has 0 aliphatic rings. The summed E-state index contributed by atoms with van der Waals surface area (Å²) in [5.41, 5.74) is 5.97. The zero-order valence-electron chi connectivity index (χ0n) is 10.7. The highest BCUT2D eigenvalue weighted by Gasteiger charge is 2.09.